The minimum Gasteiger partial charge on any atom is -0.434 e. The smallest absolute Gasteiger partial charge is 0.434 e. The zero-order valence-electron chi connectivity index (χ0n) is 7.13. The third-order valence-electron chi connectivity index (χ3n) is 0.899. The van der Waals surface area contributed by atoms with Crippen LogP contribution in [0.25, 0.3) is 0 Å². The van der Waals surface area contributed by atoms with Gasteiger partial charge in [-0.05, 0) is 19.3 Å². The summed E-state index contributed by atoms with van der Waals surface area (Å²) < 4.78 is 9.33. The third kappa shape index (κ3) is 7.16. The molecule has 0 aliphatic rings. The molecule has 11 heavy (non-hydrogen) atoms. The number of ether oxygens (including phenoxy) is 2. The first kappa shape index (κ1) is 10.3. The van der Waals surface area contributed by atoms with Gasteiger partial charge in [0.25, 0.3) is 0 Å². The van der Waals surface area contributed by atoms with Crippen molar-refractivity contribution in [1.29, 1.82) is 0 Å². The molecular formula is C8H15O3. The van der Waals surface area contributed by atoms with Crippen LogP contribution in [0, 0.1) is 12.8 Å². The number of carbonyl (C=O) groups excluding carboxylic acids is 1. The summed E-state index contributed by atoms with van der Waals surface area (Å²) in [5, 5.41) is 0. The predicted octanol–water partition coefficient (Wildman–Crippen LogP) is 2.02. The standard InChI is InChI=1S/C8H15O3/c1-4-5-10-8(9)11-6-7(2)3/h7H,1,4-6H2,2-3H3. The molecule has 0 aliphatic heterocycles. The Morgan fingerprint density at radius 3 is 2.55 bits per heavy atom. The maximum atomic E-state index is 10.6. The molecule has 0 unspecified atom stereocenters. The molecule has 0 atom stereocenters. The molecule has 0 amide bonds. The van der Waals surface area contributed by atoms with Crippen molar-refractivity contribution in [3.8, 4) is 0 Å². The van der Waals surface area contributed by atoms with Gasteiger partial charge in [0.1, 0.15) is 0 Å². The summed E-state index contributed by atoms with van der Waals surface area (Å²) in [5.41, 5.74) is 0. The molecule has 0 aromatic carbocycles. The van der Waals surface area contributed by atoms with Gasteiger partial charge >= 0.3 is 6.16 Å². The van der Waals surface area contributed by atoms with Gasteiger partial charge < -0.3 is 9.47 Å². The van der Waals surface area contributed by atoms with Gasteiger partial charge in [0.15, 0.2) is 0 Å². The fourth-order valence-corrected chi connectivity index (χ4v) is 0.432. The van der Waals surface area contributed by atoms with Crippen molar-refractivity contribution in [2.75, 3.05) is 13.2 Å². The lowest BCUT2D eigenvalue weighted by molar-refractivity contribution is 0.0486. The van der Waals surface area contributed by atoms with Crippen molar-refractivity contribution < 1.29 is 14.3 Å². The molecule has 1 radical (unpaired) electrons. The Balaban J connectivity index is 3.23. The first-order chi connectivity index (χ1) is 5.16. The Bertz CT molecular complexity index is 110. The van der Waals surface area contributed by atoms with Crippen molar-refractivity contribution in [2.24, 2.45) is 5.92 Å². The van der Waals surface area contributed by atoms with E-state index in [1.54, 1.807) is 0 Å². The highest BCUT2D eigenvalue weighted by molar-refractivity contribution is 5.59. The van der Waals surface area contributed by atoms with Crippen molar-refractivity contribution in [3.05, 3.63) is 6.92 Å². The van der Waals surface area contributed by atoms with Crippen LogP contribution in [0.3, 0.4) is 0 Å². The fourth-order valence-electron chi connectivity index (χ4n) is 0.432. The van der Waals surface area contributed by atoms with Gasteiger partial charge in [-0.25, -0.2) is 4.79 Å². The van der Waals surface area contributed by atoms with Crippen molar-refractivity contribution in [3.63, 3.8) is 0 Å². The Labute approximate surface area is 67.7 Å². The van der Waals surface area contributed by atoms with Crippen LogP contribution in [0.1, 0.15) is 20.3 Å². The zero-order chi connectivity index (χ0) is 8.69. The average molecular weight is 159 g/mol. The van der Waals surface area contributed by atoms with Gasteiger partial charge in [0, 0.05) is 0 Å². The summed E-state index contributed by atoms with van der Waals surface area (Å²) in [5.74, 6) is 0.349. The minimum absolute atomic E-state index is 0.330. The van der Waals surface area contributed by atoms with Crippen molar-refractivity contribution in [1.82, 2.24) is 0 Å². The van der Waals surface area contributed by atoms with Gasteiger partial charge in [0.2, 0.25) is 0 Å². The molecule has 0 aliphatic carbocycles. The Morgan fingerprint density at radius 2 is 2.09 bits per heavy atom. The highest BCUT2D eigenvalue weighted by Crippen LogP contribution is 1.94. The Kier molecular flexibility index (Phi) is 5.61. The molecule has 0 aromatic heterocycles. The first-order valence-electron chi connectivity index (χ1n) is 3.75. The normalized spacial score (nSPS) is 9.82. The van der Waals surface area contributed by atoms with Gasteiger partial charge in [0.05, 0.1) is 13.2 Å². The second-order valence-corrected chi connectivity index (χ2v) is 2.66. The lowest BCUT2D eigenvalue weighted by atomic mass is 10.2. The van der Waals surface area contributed by atoms with Gasteiger partial charge in [-0.3, -0.25) is 0 Å². The van der Waals surface area contributed by atoms with E-state index in [4.69, 9.17) is 4.74 Å². The fraction of sp³-hybridized carbons (Fsp3) is 0.750. The van der Waals surface area contributed by atoms with E-state index in [1.807, 2.05) is 13.8 Å². The lowest BCUT2D eigenvalue weighted by Crippen LogP contribution is -2.11. The number of hydrogen-bond donors (Lipinski definition) is 0. The highest BCUT2D eigenvalue weighted by atomic mass is 16.7. The van der Waals surface area contributed by atoms with Crippen LogP contribution in [-0.2, 0) is 9.47 Å². The summed E-state index contributed by atoms with van der Waals surface area (Å²) in [6.45, 7) is 8.20. The Hall–Kier alpha value is -0.730. The van der Waals surface area contributed by atoms with Gasteiger partial charge in [-0.1, -0.05) is 13.8 Å². The molecular weight excluding hydrogens is 144 g/mol. The minimum atomic E-state index is -0.595. The number of hydrogen-bond acceptors (Lipinski definition) is 3. The van der Waals surface area contributed by atoms with E-state index < -0.39 is 6.16 Å². The van der Waals surface area contributed by atoms with E-state index in [2.05, 4.69) is 11.7 Å². The summed E-state index contributed by atoms with van der Waals surface area (Å²) >= 11 is 0. The molecule has 0 rings (SSSR count). The molecule has 0 N–H and O–H groups in total. The van der Waals surface area contributed by atoms with E-state index in [-0.39, 0.29) is 0 Å². The number of rotatable bonds is 4. The summed E-state index contributed by atoms with van der Waals surface area (Å²) in [6.07, 6.45) is -0.0149. The van der Waals surface area contributed by atoms with E-state index in [0.717, 1.165) is 0 Å². The maximum absolute atomic E-state index is 10.6. The molecule has 0 saturated carbocycles. The van der Waals surface area contributed by atoms with E-state index in [0.29, 0.717) is 25.6 Å². The lowest BCUT2D eigenvalue weighted by Gasteiger charge is -2.06. The van der Waals surface area contributed by atoms with Crippen molar-refractivity contribution >= 4 is 6.16 Å². The third-order valence-corrected chi connectivity index (χ3v) is 0.899. The van der Waals surface area contributed by atoms with Crippen LogP contribution in [-0.4, -0.2) is 19.4 Å². The molecule has 0 spiro atoms. The Morgan fingerprint density at radius 1 is 1.45 bits per heavy atom. The largest absolute Gasteiger partial charge is 0.508 e. The molecule has 0 saturated heterocycles. The molecule has 0 fully saturated rings. The van der Waals surface area contributed by atoms with Crippen LogP contribution in [0.5, 0.6) is 0 Å². The van der Waals surface area contributed by atoms with Crippen molar-refractivity contribution in [2.45, 2.75) is 20.3 Å². The monoisotopic (exact) mass is 159 g/mol. The SMILES string of the molecule is [CH2]CCOC(=O)OCC(C)C. The molecule has 3 heteroatoms. The number of carbonyl (C=O) groups is 1. The summed E-state index contributed by atoms with van der Waals surface area (Å²) in [6, 6.07) is 0. The maximum Gasteiger partial charge on any atom is 0.508 e. The highest BCUT2D eigenvalue weighted by Gasteiger charge is 2.03. The van der Waals surface area contributed by atoms with E-state index >= 15 is 0 Å². The topological polar surface area (TPSA) is 35.5 Å². The van der Waals surface area contributed by atoms with Crippen LogP contribution < -0.4 is 0 Å². The summed E-state index contributed by atoms with van der Waals surface area (Å²) in [4.78, 5) is 10.6. The molecule has 0 aromatic rings. The van der Waals surface area contributed by atoms with Crippen LogP contribution in [0.15, 0.2) is 0 Å². The average Bonchev–Trinajstić information content (AvgIpc) is 1.97. The second-order valence-electron chi connectivity index (χ2n) is 2.66. The quantitative estimate of drug-likeness (QED) is 0.589. The molecule has 0 bridgehead atoms. The van der Waals surface area contributed by atoms with Crippen LogP contribution in [0.2, 0.25) is 0 Å². The van der Waals surface area contributed by atoms with Gasteiger partial charge in [-0.2, -0.15) is 0 Å². The predicted molar refractivity (Wildman–Crippen MR) is 42.1 cm³/mol. The van der Waals surface area contributed by atoms with Crippen LogP contribution >= 0.6 is 0 Å². The van der Waals surface area contributed by atoms with E-state index in [1.165, 1.54) is 0 Å². The van der Waals surface area contributed by atoms with Crippen LogP contribution in [0.4, 0.5) is 4.79 Å². The second kappa shape index (κ2) is 6.01. The molecule has 3 nitrogen and oxygen atoms in total. The van der Waals surface area contributed by atoms with Gasteiger partial charge in [-0.15, -0.1) is 0 Å². The molecule has 65 valence electrons. The molecule has 0 heterocycles. The summed E-state index contributed by atoms with van der Waals surface area (Å²) in [7, 11) is 0. The zero-order valence-corrected chi connectivity index (χ0v) is 7.13. The van der Waals surface area contributed by atoms with E-state index in [9.17, 15) is 4.79 Å². The first-order valence-corrected chi connectivity index (χ1v) is 3.75.